The molecule has 2 aromatic carbocycles. The minimum atomic E-state index is -4.98. The Kier molecular flexibility index (Phi) is 5.56. The number of fused-ring (bicyclic) bond motifs is 1. The smallest absolute Gasteiger partial charge is 0.507 e. The van der Waals surface area contributed by atoms with Gasteiger partial charge in [0.2, 0.25) is 0 Å². The van der Waals surface area contributed by atoms with Gasteiger partial charge in [-0.25, -0.2) is 0 Å². The van der Waals surface area contributed by atoms with Crippen molar-refractivity contribution in [1.29, 1.82) is 0 Å². The van der Waals surface area contributed by atoms with Crippen LogP contribution in [0.1, 0.15) is 5.56 Å². The summed E-state index contributed by atoms with van der Waals surface area (Å²) in [6, 6.07) is 11.8. The number of hydrogen-bond acceptors (Lipinski definition) is 2. The molecule has 0 atom stereocenters. The maximum absolute atomic E-state index is 12.1. The van der Waals surface area contributed by atoms with Crippen LogP contribution in [-0.4, -0.2) is 17.1 Å². The van der Waals surface area contributed by atoms with E-state index in [9.17, 15) is 23.1 Å². The van der Waals surface area contributed by atoms with Gasteiger partial charge in [0.15, 0.2) is 0 Å². The Balaban J connectivity index is 0.00000200. The quantitative estimate of drug-likeness (QED) is 0.609. The molecule has 0 aliphatic heterocycles. The summed E-state index contributed by atoms with van der Waals surface area (Å²) in [5.74, 6) is -2.79. The second-order valence-corrected chi connectivity index (χ2v) is 3.95. The minimum absolute atomic E-state index is 0. The normalized spacial score (nSPS) is 12.1. The monoisotopic (exact) mass is 405 g/mol. The van der Waals surface area contributed by atoms with Crippen LogP contribution in [0.5, 0.6) is 0 Å². The second kappa shape index (κ2) is 6.56. The number of allylic oxidation sites excluding steroid dienone is 1. The topological polar surface area (TPSA) is 37.3 Å². The predicted octanol–water partition coefficient (Wildman–Crippen LogP) is 3.87. The van der Waals surface area contributed by atoms with Crippen molar-refractivity contribution in [3.63, 3.8) is 0 Å². The molecule has 20 heavy (non-hydrogen) atoms. The zero-order valence-electron chi connectivity index (χ0n) is 10.2. The van der Waals surface area contributed by atoms with E-state index in [1.807, 2.05) is 12.1 Å². The van der Waals surface area contributed by atoms with E-state index >= 15 is 0 Å². The van der Waals surface area contributed by atoms with Crippen LogP contribution >= 0.6 is 0 Å². The van der Waals surface area contributed by atoms with Crippen molar-refractivity contribution in [1.82, 2.24) is 0 Å². The molecular weight excluding hydrogens is 396 g/mol. The molecule has 1 N–H and O–H groups in total. The number of ketones is 1. The molecule has 0 aliphatic rings. The Morgan fingerprint density at radius 2 is 1.65 bits per heavy atom. The molecule has 0 aliphatic carbocycles. The molecule has 0 unspecified atom stereocenters. The van der Waals surface area contributed by atoms with Crippen LogP contribution in [0, 0.1) is 35.6 Å². The van der Waals surface area contributed by atoms with Crippen LogP contribution in [0.15, 0.2) is 48.5 Å². The molecule has 0 amide bonds. The summed E-state index contributed by atoms with van der Waals surface area (Å²) in [5, 5.41) is 11.2. The number of rotatable bonds is 2. The first-order chi connectivity index (χ1) is 8.88. The fourth-order valence-corrected chi connectivity index (χ4v) is 1.64. The first-order valence-electron chi connectivity index (χ1n) is 5.39. The van der Waals surface area contributed by atoms with Gasteiger partial charge in [-0.2, -0.15) is 13.2 Å². The van der Waals surface area contributed by atoms with Crippen LogP contribution in [0.25, 0.3) is 16.5 Å². The Hall–Kier alpha value is -1.11. The summed E-state index contributed by atoms with van der Waals surface area (Å²) in [7, 11) is 0. The fraction of sp³-hybridized carbons (Fsp3) is 0.0714. The van der Waals surface area contributed by atoms with Crippen molar-refractivity contribution in [2.24, 2.45) is 0 Å². The molecule has 0 aromatic heterocycles. The average molecular weight is 405 g/mol. The molecule has 0 saturated heterocycles. The molecule has 0 bridgehead atoms. The zero-order valence-corrected chi connectivity index (χ0v) is 13.8. The summed E-state index contributed by atoms with van der Waals surface area (Å²) < 4.78 is 36.2. The van der Waals surface area contributed by atoms with E-state index in [4.69, 9.17) is 0 Å². The van der Waals surface area contributed by atoms with Gasteiger partial charge in [-0.05, 0) is 16.8 Å². The molecule has 0 spiro atoms. The summed E-state index contributed by atoms with van der Waals surface area (Å²) in [5.41, 5.74) is 0.163. The van der Waals surface area contributed by atoms with Gasteiger partial charge >= 0.3 is 41.8 Å². The molecule has 2 rings (SSSR count). The number of carbonyl (C=O) groups excluding carboxylic acids is 1. The predicted molar refractivity (Wildman–Crippen MR) is 65.6 cm³/mol. The molecule has 0 fully saturated rings. The molecule has 0 heterocycles. The van der Waals surface area contributed by atoms with E-state index in [2.05, 4.69) is 0 Å². The van der Waals surface area contributed by atoms with Gasteiger partial charge in [0.05, 0.1) is 0 Å². The van der Waals surface area contributed by atoms with E-state index in [0.717, 1.165) is 10.8 Å². The Labute approximate surface area is 140 Å². The maximum atomic E-state index is 12.1. The summed E-state index contributed by atoms with van der Waals surface area (Å²) >= 11 is 0. The number of aliphatic hydroxyl groups excluding tert-OH is 1. The van der Waals surface area contributed by atoms with Gasteiger partial charge in [-0.1, -0.05) is 36.4 Å². The van der Waals surface area contributed by atoms with Crippen LogP contribution in [0.3, 0.4) is 0 Å². The SMILES string of the molecule is O=C(/C=C(\O)c1ccc2ccccc2c1)C(F)(F)F.[La+3]. The van der Waals surface area contributed by atoms with E-state index in [0.29, 0.717) is 0 Å². The van der Waals surface area contributed by atoms with Crippen LogP contribution < -0.4 is 0 Å². The summed E-state index contributed by atoms with van der Waals surface area (Å²) in [6.07, 6.45) is -4.80. The summed E-state index contributed by atoms with van der Waals surface area (Å²) in [6.45, 7) is 0. The molecule has 6 heteroatoms. The first-order valence-corrected chi connectivity index (χ1v) is 5.39. The molecule has 2 nitrogen and oxygen atoms in total. The number of halogens is 3. The fourth-order valence-electron chi connectivity index (χ4n) is 1.64. The molecule has 98 valence electrons. The van der Waals surface area contributed by atoms with Gasteiger partial charge in [-0.15, -0.1) is 0 Å². The Morgan fingerprint density at radius 3 is 2.25 bits per heavy atom. The van der Waals surface area contributed by atoms with Crippen molar-refractivity contribution in [2.45, 2.75) is 6.18 Å². The number of benzene rings is 2. The molecule has 0 saturated carbocycles. The second-order valence-electron chi connectivity index (χ2n) is 3.95. The zero-order chi connectivity index (χ0) is 14.0. The average Bonchev–Trinajstić information content (AvgIpc) is 2.37. The van der Waals surface area contributed by atoms with E-state index in [1.54, 1.807) is 18.2 Å². The molecule has 2 aromatic rings. The van der Waals surface area contributed by atoms with Gasteiger partial charge in [0, 0.05) is 11.6 Å². The van der Waals surface area contributed by atoms with Crippen LogP contribution in [0.4, 0.5) is 13.2 Å². The third kappa shape index (κ3) is 3.94. The number of alkyl halides is 3. The first kappa shape index (κ1) is 16.9. The van der Waals surface area contributed by atoms with Crippen molar-refractivity contribution in [2.75, 3.05) is 0 Å². The van der Waals surface area contributed by atoms with Crippen LogP contribution in [0.2, 0.25) is 0 Å². The Bertz CT molecular complexity index is 663. The van der Waals surface area contributed by atoms with Crippen LogP contribution in [-0.2, 0) is 4.79 Å². The van der Waals surface area contributed by atoms with Gasteiger partial charge in [0.25, 0.3) is 5.78 Å². The van der Waals surface area contributed by atoms with Crippen molar-refractivity contribution in [3.8, 4) is 0 Å². The Morgan fingerprint density at radius 1 is 1.05 bits per heavy atom. The molecular formula is C14H9F3LaO2+3. The number of aliphatic hydroxyl groups is 1. The van der Waals surface area contributed by atoms with E-state index < -0.39 is 17.7 Å². The van der Waals surface area contributed by atoms with Gasteiger partial charge < -0.3 is 5.11 Å². The van der Waals surface area contributed by atoms with E-state index in [1.165, 1.54) is 12.1 Å². The third-order valence-corrected chi connectivity index (χ3v) is 2.59. The number of hydrogen-bond donors (Lipinski definition) is 1. The van der Waals surface area contributed by atoms with Crippen molar-refractivity contribution < 1.29 is 58.7 Å². The van der Waals surface area contributed by atoms with Crippen molar-refractivity contribution in [3.05, 3.63) is 54.1 Å². The summed E-state index contributed by atoms with van der Waals surface area (Å²) in [4.78, 5) is 10.8. The maximum Gasteiger partial charge on any atom is 3.00 e. The molecule has 0 radical (unpaired) electrons. The van der Waals surface area contributed by atoms with Crippen molar-refractivity contribution >= 4 is 22.3 Å². The standard InChI is InChI=1S/C14H9F3O2.La/c15-14(16,17)13(19)8-12(18)11-6-5-9-3-1-2-4-10(9)7-11;/h1-8,18H;/q;+3/b12-8-;. The minimum Gasteiger partial charge on any atom is -0.507 e. The van der Waals surface area contributed by atoms with Gasteiger partial charge in [-0.3, -0.25) is 4.79 Å². The third-order valence-electron chi connectivity index (χ3n) is 2.59. The largest absolute Gasteiger partial charge is 3.00 e. The number of carbonyl (C=O) groups is 1. The van der Waals surface area contributed by atoms with E-state index in [-0.39, 0.29) is 47.2 Å². The van der Waals surface area contributed by atoms with Gasteiger partial charge in [0.1, 0.15) is 5.76 Å².